The van der Waals surface area contributed by atoms with E-state index in [4.69, 9.17) is 9.68 Å². The fourth-order valence-electron chi connectivity index (χ4n) is 1.32. The van der Waals surface area contributed by atoms with Crippen molar-refractivity contribution in [1.29, 1.82) is 5.26 Å². The maximum absolute atomic E-state index is 10.4. The molecule has 2 rings (SSSR count). The first-order chi connectivity index (χ1) is 8.70. The third kappa shape index (κ3) is 2.41. The van der Waals surface area contributed by atoms with E-state index in [0.717, 1.165) is 0 Å². The number of rotatable bonds is 3. The second-order valence-corrected chi connectivity index (χ2v) is 3.32. The maximum Gasteiger partial charge on any atom is 0.433 e. The van der Waals surface area contributed by atoms with Crippen LogP contribution in [0.3, 0.4) is 0 Å². The van der Waals surface area contributed by atoms with Crippen molar-refractivity contribution in [3.05, 3.63) is 57.8 Å². The van der Waals surface area contributed by atoms with Crippen LogP contribution in [0.25, 0.3) is 0 Å². The van der Waals surface area contributed by atoms with Crippen LogP contribution in [0.2, 0.25) is 0 Å². The molecule has 0 fully saturated rings. The summed E-state index contributed by atoms with van der Waals surface area (Å²) in [5, 5.41) is 19.3. The quantitative estimate of drug-likeness (QED) is 0.469. The van der Waals surface area contributed by atoms with Crippen molar-refractivity contribution < 1.29 is 9.34 Å². The van der Waals surface area contributed by atoms with Gasteiger partial charge in [0, 0.05) is 0 Å². The van der Waals surface area contributed by atoms with Crippen LogP contribution in [0.15, 0.2) is 45.8 Å². The third-order valence-electron chi connectivity index (χ3n) is 2.15. The number of hydrogen-bond acceptors (Lipinski definition) is 5. The van der Waals surface area contributed by atoms with Crippen LogP contribution in [0.4, 0.5) is 11.6 Å². The van der Waals surface area contributed by atoms with Gasteiger partial charge in [-0.2, -0.15) is 5.26 Å². The smallest absolute Gasteiger partial charge is 0.400 e. The average Bonchev–Trinajstić information content (AvgIpc) is 2.85. The summed E-state index contributed by atoms with van der Waals surface area (Å²) in [6.45, 7) is 0. The van der Waals surface area contributed by atoms with Gasteiger partial charge in [-0.3, -0.25) is 15.1 Å². The van der Waals surface area contributed by atoms with E-state index in [1.54, 1.807) is 24.3 Å². The van der Waals surface area contributed by atoms with Crippen molar-refractivity contribution in [2.75, 3.05) is 0 Å². The van der Waals surface area contributed by atoms with Gasteiger partial charge in [-0.1, -0.05) is 12.1 Å². The molecule has 18 heavy (non-hydrogen) atoms. The Kier molecular flexibility index (Phi) is 3.16. The lowest BCUT2D eigenvalue weighted by atomic mass is 10.2. The average molecular weight is 241 g/mol. The van der Waals surface area contributed by atoms with Crippen LogP contribution < -0.4 is 0 Å². The van der Waals surface area contributed by atoms with Crippen LogP contribution in [0.1, 0.15) is 11.3 Å². The van der Waals surface area contributed by atoms with Gasteiger partial charge in [-0.05, 0) is 18.2 Å². The number of benzene rings is 1. The topological polar surface area (TPSA) is 92.4 Å². The number of nitro groups is 1. The first kappa shape index (κ1) is 11.5. The second kappa shape index (κ2) is 4.93. The first-order valence-electron chi connectivity index (χ1n) is 4.98. The van der Waals surface area contributed by atoms with Gasteiger partial charge >= 0.3 is 5.88 Å². The van der Waals surface area contributed by atoms with E-state index in [1.807, 2.05) is 6.07 Å². The fraction of sp³-hybridized carbons (Fsp3) is 0. The van der Waals surface area contributed by atoms with Gasteiger partial charge in [0.2, 0.25) is 0 Å². The van der Waals surface area contributed by atoms with E-state index in [-0.39, 0.29) is 11.6 Å². The Morgan fingerprint density at radius 3 is 2.78 bits per heavy atom. The molecule has 0 atom stereocenters. The number of aliphatic imine (C=N–C) groups is 1. The molecule has 0 spiro atoms. The predicted molar refractivity (Wildman–Crippen MR) is 63.8 cm³/mol. The summed E-state index contributed by atoms with van der Waals surface area (Å²) in [5.41, 5.74) is 0.911. The third-order valence-corrected chi connectivity index (χ3v) is 2.15. The Morgan fingerprint density at radius 2 is 2.11 bits per heavy atom. The van der Waals surface area contributed by atoms with Crippen molar-refractivity contribution in [3.8, 4) is 6.07 Å². The lowest BCUT2D eigenvalue weighted by Gasteiger charge is -1.94. The number of nitriles is 1. The molecule has 2 aromatic rings. The van der Waals surface area contributed by atoms with Crippen LogP contribution in [0, 0.1) is 21.4 Å². The SMILES string of the molecule is N#Cc1ccccc1N=Cc1ccc([N+](=O)[O-])o1. The van der Waals surface area contributed by atoms with Gasteiger partial charge in [-0.15, -0.1) is 0 Å². The van der Waals surface area contributed by atoms with Crippen LogP contribution in [-0.4, -0.2) is 11.1 Å². The minimum atomic E-state index is -0.624. The molecule has 6 heteroatoms. The molecule has 0 saturated heterocycles. The number of hydrogen-bond donors (Lipinski definition) is 0. The first-order valence-corrected chi connectivity index (χ1v) is 4.98. The van der Waals surface area contributed by atoms with Crippen LogP contribution in [-0.2, 0) is 0 Å². The van der Waals surface area contributed by atoms with Gasteiger partial charge < -0.3 is 4.42 Å². The summed E-state index contributed by atoms with van der Waals surface area (Å²) >= 11 is 0. The Labute approximate surface area is 102 Å². The molecule has 0 radical (unpaired) electrons. The standard InChI is InChI=1S/C12H7N3O3/c13-7-9-3-1-2-4-11(9)14-8-10-5-6-12(18-10)15(16)17/h1-6,8H. The summed E-state index contributed by atoms with van der Waals surface area (Å²) in [6.07, 6.45) is 1.34. The normalized spacial score (nSPS) is 10.4. The van der Waals surface area contributed by atoms with E-state index >= 15 is 0 Å². The molecule has 0 aliphatic carbocycles. The monoisotopic (exact) mass is 241 g/mol. The molecule has 0 unspecified atom stereocenters. The largest absolute Gasteiger partial charge is 0.433 e. The minimum Gasteiger partial charge on any atom is -0.400 e. The van der Waals surface area contributed by atoms with Gasteiger partial charge in [0.25, 0.3) is 0 Å². The highest BCUT2D eigenvalue weighted by Crippen LogP contribution is 2.19. The Morgan fingerprint density at radius 1 is 1.33 bits per heavy atom. The molecule has 0 bridgehead atoms. The van der Waals surface area contributed by atoms with Crippen LogP contribution in [0.5, 0.6) is 0 Å². The molecule has 0 aliphatic heterocycles. The number of para-hydroxylation sites is 1. The minimum absolute atomic E-state index is 0.259. The van der Waals surface area contributed by atoms with Gasteiger partial charge in [0.1, 0.15) is 11.0 Å². The van der Waals surface area contributed by atoms with E-state index < -0.39 is 4.92 Å². The lowest BCUT2D eigenvalue weighted by Crippen LogP contribution is -1.83. The molecule has 0 amide bonds. The number of nitrogens with zero attached hydrogens (tertiary/aromatic N) is 3. The van der Waals surface area contributed by atoms with E-state index in [1.165, 1.54) is 18.3 Å². The predicted octanol–water partition coefficient (Wildman–Crippen LogP) is 2.81. The number of furan rings is 1. The zero-order valence-corrected chi connectivity index (χ0v) is 9.11. The molecule has 88 valence electrons. The molecule has 6 nitrogen and oxygen atoms in total. The summed E-state index contributed by atoms with van der Waals surface area (Å²) < 4.78 is 4.91. The van der Waals surface area contributed by atoms with Gasteiger partial charge in [0.15, 0.2) is 5.76 Å². The zero-order valence-electron chi connectivity index (χ0n) is 9.11. The van der Waals surface area contributed by atoms with Crippen molar-refractivity contribution in [2.24, 2.45) is 4.99 Å². The molecule has 1 aromatic carbocycles. The Hall–Kier alpha value is -2.94. The summed E-state index contributed by atoms with van der Waals surface area (Å²) in [7, 11) is 0. The molecule has 1 heterocycles. The summed E-state index contributed by atoms with van der Waals surface area (Å²) in [4.78, 5) is 13.8. The Balaban J connectivity index is 2.25. The zero-order chi connectivity index (χ0) is 13.0. The fourth-order valence-corrected chi connectivity index (χ4v) is 1.32. The molecular weight excluding hydrogens is 234 g/mol. The Bertz CT molecular complexity index is 653. The lowest BCUT2D eigenvalue weighted by molar-refractivity contribution is -0.402. The van der Waals surface area contributed by atoms with Crippen molar-refractivity contribution in [1.82, 2.24) is 0 Å². The highest BCUT2D eigenvalue weighted by molar-refractivity contribution is 5.79. The molecule has 1 aromatic heterocycles. The van der Waals surface area contributed by atoms with E-state index in [2.05, 4.69) is 4.99 Å². The molecule has 0 N–H and O–H groups in total. The van der Waals surface area contributed by atoms with E-state index in [0.29, 0.717) is 11.3 Å². The molecule has 0 saturated carbocycles. The van der Waals surface area contributed by atoms with Crippen molar-refractivity contribution in [2.45, 2.75) is 0 Å². The van der Waals surface area contributed by atoms with E-state index in [9.17, 15) is 10.1 Å². The van der Waals surface area contributed by atoms with Crippen molar-refractivity contribution in [3.63, 3.8) is 0 Å². The maximum atomic E-state index is 10.4. The highest BCUT2D eigenvalue weighted by Gasteiger charge is 2.10. The second-order valence-electron chi connectivity index (χ2n) is 3.32. The van der Waals surface area contributed by atoms with Gasteiger partial charge in [-0.25, -0.2) is 0 Å². The molecule has 0 aliphatic rings. The summed E-state index contributed by atoms with van der Waals surface area (Å²) in [5.74, 6) is -0.0838. The molecular formula is C12H7N3O3. The summed E-state index contributed by atoms with van der Waals surface area (Å²) in [6, 6.07) is 11.5. The highest BCUT2D eigenvalue weighted by atomic mass is 16.6. The van der Waals surface area contributed by atoms with Crippen LogP contribution >= 0.6 is 0 Å². The van der Waals surface area contributed by atoms with Gasteiger partial charge in [0.05, 0.1) is 23.5 Å². The van der Waals surface area contributed by atoms with Crippen molar-refractivity contribution >= 4 is 17.8 Å².